The van der Waals surface area contributed by atoms with Gasteiger partial charge in [0, 0.05) is 10.9 Å². The van der Waals surface area contributed by atoms with E-state index in [2.05, 4.69) is 10.0 Å². The predicted molar refractivity (Wildman–Crippen MR) is 94.6 cm³/mol. The number of amides is 1. The number of sulfonamides is 1. The molecule has 0 radical (unpaired) electrons. The number of halogens is 2. The fourth-order valence-electron chi connectivity index (χ4n) is 2.48. The van der Waals surface area contributed by atoms with Gasteiger partial charge in [0.2, 0.25) is 5.91 Å². The van der Waals surface area contributed by atoms with Crippen molar-refractivity contribution in [3.05, 3.63) is 53.3 Å². The molecule has 1 amide bonds. The Kier molecular flexibility index (Phi) is 4.71. The van der Waals surface area contributed by atoms with Crippen LogP contribution in [0.25, 0.3) is 0 Å². The van der Waals surface area contributed by atoms with Crippen molar-refractivity contribution < 1.29 is 17.6 Å². The van der Waals surface area contributed by atoms with Gasteiger partial charge >= 0.3 is 0 Å². The van der Waals surface area contributed by atoms with Crippen molar-refractivity contribution in [3.8, 4) is 0 Å². The summed E-state index contributed by atoms with van der Waals surface area (Å²) in [4.78, 5) is 11.7. The number of carbonyl (C=O) groups excluding carboxylic acids is 1. The van der Waals surface area contributed by atoms with E-state index >= 15 is 0 Å². The molecule has 2 aromatic carbocycles. The zero-order valence-electron chi connectivity index (χ0n) is 13.3. The van der Waals surface area contributed by atoms with E-state index in [9.17, 15) is 17.6 Å². The number of hydrogen-bond acceptors (Lipinski definition) is 3. The highest BCUT2D eigenvalue weighted by molar-refractivity contribution is 7.92. The lowest BCUT2D eigenvalue weighted by molar-refractivity contribution is -0.117. The van der Waals surface area contributed by atoms with E-state index in [4.69, 9.17) is 11.6 Å². The van der Waals surface area contributed by atoms with Gasteiger partial charge in [-0.05, 0) is 42.7 Å². The second-order valence-corrected chi connectivity index (χ2v) is 8.12. The molecule has 0 spiro atoms. The minimum Gasteiger partial charge on any atom is -0.324 e. The van der Waals surface area contributed by atoms with Crippen molar-refractivity contribution in [2.24, 2.45) is 11.8 Å². The standard InChI is InChI=1S/C17H16ClFN2O3S/c1-10-8-12(10)17(22)20-15-9-11(18)6-7-14(15)21-25(23,24)16-5-3-2-4-13(16)19/h2-7,9-10,12,21H,8H2,1H3,(H,20,22)/t10-,12-/m1/s1. The van der Waals surface area contributed by atoms with Gasteiger partial charge in [0.25, 0.3) is 10.0 Å². The van der Waals surface area contributed by atoms with Crippen LogP contribution < -0.4 is 10.0 Å². The average molecular weight is 383 g/mol. The summed E-state index contributed by atoms with van der Waals surface area (Å²) >= 11 is 5.95. The van der Waals surface area contributed by atoms with E-state index in [-0.39, 0.29) is 23.2 Å². The highest BCUT2D eigenvalue weighted by Gasteiger charge is 2.39. The molecule has 2 aromatic rings. The Balaban J connectivity index is 1.89. The van der Waals surface area contributed by atoms with Gasteiger partial charge in [-0.3, -0.25) is 9.52 Å². The maximum atomic E-state index is 13.8. The van der Waals surface area contributed by atoms with E-state index < -0.39 is 20.7 Å². The lowest BCUT2D eigenvalue weighted by atomic mass is 10.2. The molecule has 0 bridgehead atoms. The van der Waals surface area contributed by atoms with Crippen molar-refractivity contribution in [1.82, 2.24) is 0 Å². The first-order chi connectivity index (χ1) is 11.8. The van der Waals surface area contributed by atoms with Crippen LogP contribution in [0.15, 0.2) is 47.4 Å². The third-order valence-corrected chi connectivity index (χ3v) is 5.69. The summed E-state index contributed by atoms with van der Waals surface area (Å²) in [6.45, 7) is 1.96. The Morgan fingerprint density at radius 2 is 1.88 bits per heavy atom. The van der Waals surface area contributed by atoms with Crippen LogP contribution >= 0.6 is 11.6 Å². The highest BCUT2D eigenvalue weighted by atomic mass is 35.5. The molecular formula is C17H16ClFN2O3S. The molecule has 5 nitrogen and oxygen atoms in total. The number of rotatable bonds is 5. The zero-order chi connectivity index (χ0) is 18.2. The Labute approximate surface area is 150 Å². The van der Waals surface area contributed by atoms with Crippen molar-refractivity contribution >= 4 is 38.9 Å². The van der Waals surface area contributed by atoms with Gasteiger partial charge in [0.1, 0.15) is 10.7 Å². The molecule has 0 heterocycles. The summed E-state index contributed by atoms with van der Waals surface area (Å²) < 4.78 is 41.0. The van der Waals surface area contributed by atoms with Crippen LogP contribution in [-0.4, -0.2) is 14.3 Å². The summed E-state index contributed by atoms with van der Waals surface area (Å²) in [5.74, 6) is -0.838. The molecule has 0 unspecified atom stereocenters. The molecule has 132 valence electrons. The largest absolute Gasteiger partial charge is 0.324 e. The molecule has 1 fully saturated rings. The smallest absolute Gasteiger partial charge is 0.264 e. The molecule has 0 saturated heterocycles. The van der Waals surface area contributed by atoms with Crippen molar-refractivity contribution in [1.29, 1.82) is 0 Å². The molecule has 25 heavy (non-hydrogen) atoms. The van der Waals surface area contributed by atoms with E-state index in [1.807, 2.05) is 6.92 Å². The van der Waals surface area contributed by atoms with Gasteiger partial charge in [-0.2, -0.15) is 0 Å². The first kappa shape index (κ1) is 17.7. The maximum absolute atomic E-state index is 13.8. The topological polar surface area (TPSA) is 75.3 Å². The molecule has 8 heteroatoms. The number of nitrogens with one attached hydrogen (secondary N) is 2. The summed E-state index contributed by atoms with van der Waals surface area (Å²) in [6, 6.07) is 9.41. The van der Waals surface area contributed by atoms with Crippen molar-refractivity contribution in [2.75, 3.05) is 10.0 Å². The van der Waals surface area contributed by atoms with Crippen LogP contribution in [0.1, 0.15) is 13.3 Å². The van der Waals surface area contributed by atoms with Crippen LogP contribution in [0.3, 0.4) is 0 Å². The van der Waals surface area contributed by atoms with Gasteiger partial charge in [-0.25, -0.2) is 12.8 Å². The SMILES string of the molecule is C[C@@H]1C[C@H]1C(=O)Nc1cc(Cl)ccc1NS(=O)(=O)c1ccccc1F. The first-order valence-corrected chi connectivity index (χ1v) is 9.52. The molecule has 1 aliphatic rings. The second-order valence-electron chi connectivity index (χ2n) is 6.03. The maximum Gasteiger partial charge on any atom is 0.264 e. The molecule has 0 aliphatic heterocycles. The Bertz CT molecular complexity index is 933. The van der Waals surface area contributed by atoms with Gasteiger partial charge in [-0.15, -0.1) is 0 Å². The lowest BCUT2D eigenvalue weighted by Gasteiger charge is -2.14. The molecule has 3 rings (SSSR count). The average Bonchev–Trinajstić information content (AvgIpc) is 3.27. The van der Waals surface area contributed by atoms with Gasteiger partial charge in [-0.1, -0.05) is 30.7 Å². The summed E-state index contributed by atoms with van der Waals surface area (Å²) in [5.41, 5.74) is 0.353. The third kappa shape index (κ3) is 3.93. The Morgan fingerprint density at radius 3 is 2.52 bits per heavy atom. The second kappa shape index (κ2) is 6.65. The summed E-state index contributed by atoms with van der Waals surface area (Å²) in [7, 11) is -4.15. The minimum atomic E-state index is -4.15. The normalized spacial score (nSPS) is 19.3. The minimum absolute atomic E-state index is 0.0880. The highest BCUT2D eigenvalue weighted by Crippen LogP contribution is 2.39. The van der Waals surface area contributed by atoms with Gasteiger partial charge in [0.15, 0.2) is 0 Å². The molecule has 0 aromatic heterocycles. The van der Waals surface area contributed by atoms with Gasteiger partial charge in [0.05, 0.1) is 11.4 Å². The molecule has 1 aliphatic carbocycles. The van der Waals surface area contributed by atoms with Crippen LogP contribution in [-0.2, 0) is 14.8 Å². The van der Waals surface area contributed by atoms with Crippen LogP contribution in [0.5, 0.6) is 0 Å². The zero-order valence-corrected chi connectivity index (χ0v) is 14.9. The fourth-order valence-corrected chi connectivity index (χ4v) is 3.82. The third-order valence-electron chi connectivity index (χ3n) is 4.06. The lowest BCUT2D eigenvalue weighted by Crippen LogP contribution is -2.19. The molecule has 2 N–H and O–H groups in total. The molecule has 1 saturated carbocycles. The van der Waals surface area contributed by atoms with Crippen LogP contribution in [0.4, 0.5) is 15.8 Å². The monoisotopic (exact) mass is 382 g/mol. The molecule has 2 atom stereocenters. The van der Waals surface area contributed by atoms with E-state index in [1.54, 1.807) is 0 Å². The summed E-state index contributed by atoms with van der Waals surface area (Å²) in [5, 5.41) is 3.03. The fraction of sp³-hybridized carbons (Fsp3) is 0.235. The van der Waals surface area contributed by atoms with Crippen LogP contribution in [0.2, 0.25) is 5.02 Å². The van der Waals surface area contributed by atoms with Crippen molar-refractivity contribution in [2.45, 2.75) is 18.2 Å². The van der Waals surface area contributed by atoms with Gasteiger partial charge < -0.3 is 5.32 Å². The quantitative estimate of drug-likeness (QED) is 0.824. The van der Waals surface area contributed by atoms with E-state index in [0.29, 0.717) is 10.9 Å². The van der Waals surface area contributed by atoms with Crippen molar-refractivity contribution in [3.63, 3.8) is 0 Å². The Morgan fingerprint density at radius 1 is 1.20 bits per heavy atom. The summed E-state index contributed by atoms with van der Waals surface area (Å²) in [6.07, 6.45) is 0.794. The predicted octanol–water partition coefficient (Wildman–Crippen LogP) is 3.87. The number of anilines is 2. The van der Waals surface area contributed by atoms with Crippen LogP contribution in [0, 0.1) is 17.7 Å². The number of benzene rings is 2. The number of carbonyl (C=O) groups is 1. The van der Waals surface area contributed by atoms with E-state index in [1.165, 1.54) is 30.3 Å². The molecular weight excluding hydrogens is 367 g/mol. The number of hydrogen-bond donors (Lipinski definition) is 2. The van der Waals surface area contributed by atoms with E-state index in [0.717, 1.165) is 18.6 Å². The Hall–Kier alpha value is -2.12. The first-order valence-electron chi connectivity index (χ1n) is 7.65.